The second kappa shape index (κ2) is 17.5. The summed E-state index contributed by atoms with van der Waals surface area (Å²) in [6.07, 6.45) is 14.8. The highest BCUT2D eigenvalue weighted by molar-refractivity contribution is 5.91. The van der Waals surface area contributed by atoms with Crippen LogP contribution in [0.25, 0.3) is 0 Å². The summed E-state index contributed by atoms with van der Waals surface area (Å²) in [6.45, 7) is 9.87. The summed E-state index contributed by atoms with van der Waals surface area (Å²) in [7, 11) is 0. The van der Waals surface area contributed by atoms with E-state index in [9.17, 15) is 10.0 Å². The number of rotatable bonds is 19. The molecule has 249 valence electrons. The fourth-order valence-electron chi connectivity index (χ4n) is 6.37. The maximum atomic E-state index is 13.9. The number of hydrogen-bond donors (Lipinski definition) is 0. The number of esters is 1. The van der Waals surface area contributed by atoms with Gasteiger partial charge in [0.15, 0.2) is 0 Å². The predicted octanol–water partition coefficient (Wildman–Crippen LogP) is 10.6. The van der Waals surface area contributed by atoms with E-state index in [0.29, 0.717) is 24.3 Å². The van der Waals surface area contributed by atoms with E-state index in [1.807, 2.05) is 62.4 Å². The zero-order valence-corrected chi connectivity index (χ0v) is 28.5. The minimum Gasteiger partial charge on any atom is -0.494 e. The van der Waals surface area contributed by atoms with Crippen molar-refractivity contribution in [1.29, 1.82) is 0 Å². The Balaban J connectivity index is 1.28. The molecule has 1 aliphatic heterocycles. The van der Waals surface area contributed by atoms with Gasteiger partial charge in [-0.1, -0.05) is 95.9 Å². The smallest absolute Gasteiger partial charge is 0.343 e. The van der Waals surface area contributed by atoms with Crippen LogP contribution in [0.4, 0.5) is 0 Å². The molecule has 3 aromatic rings. The summed E-state index contributed by atoms with van der Waals surface area (Å²) >= 11 is 0. The molecule has 1 fully saturated rings. The number of carbonyl (C=O) groups is 1. The van der Waals surface area contributed by atoms with Gasteiger partial charge < -0.3 is 14.2 Å². The molecule has 1 radical (unpaired) electrons. The van der Waals surface area contributed by atoms with E-state index in [0.717, 1.165) is 48.5 Å². The first kappa shape index (κ1) is 35.5. The Morgan fingerprint density at radius 3 is 1.46 bits per heavy atom. The van der Waals surface area contributed by atoms with Crippen molar-refractivity contribution in [3.05, 3.63) is 89.5 Å². The first-order valence-electron chi connectivity index (χ1n) is 17.6. The standard InChI is InChI=1S/C40H54NO5/c1-5-7-9-11-13-15-31-45-36-24-26-37(27-25-36)46-38(42)32-16-18-33(19-17-32)39(3)28-29-40(4,41(39)43)34-20-22-35(23-21-34)44-30-14-12-10-8-6-2/h16-27H,5-15,28-31H2,1-4H3/t39-,40-/m1/s1. The van der Waals surface area contributed by atoms with Gasteiger partial charge in [0.2, 0.25) is 0 Å². The molecule has 46 heavy (non-hydrogen) atoms. The third-order valence-corrected chi connectivity index (χ3v) is 9.53. The van der Waals surface area contributed by atoms with Crippen LogP contribution in [0.15, 0.2) is 72.8 Å². The van der Waals surface area contributed by atoms with Gasteiger partial charge >= 0.3 is 5.97 Å². The molecule has 0 saturated carbocycles. The first-order chi connectivity index (χ1) is 22.3. The van der Waals surface area contributed by atoms with Crippen LogP contribution >= 0.6 is 0 Å². The molecule has 6 heteroatoms. The van der Waals surface area contributed by atoms with Gasteiger partial charge in [-0.2, -0.15) is 0 Å². The monoisotopic (exact) mass is 628 g/mol. The second-order valence-electron chi connectivity index (χ2n) is 13.2. The number of ether oxygens (including phenoxy) is 3. The van der Waals surface area contributed by atoms with Crippen LogP contribution in [-0.4, -0.2) is 24.2 Å². The Bertz CT molecular complexity index is 1320. The van der Waals surface area contributed by atoms with E-state index < -0.39 is 17.0 Å². The molecule has 0 spiro atoms. The van der Waals surface area contributed by atoms with Gasteiger partial charge in [0, 0.05) is 0 Å². The molecule has 2 atom stereocenters. The van der Waals surface area contributed by atoms with Gasteiger partial charge in [-0.15, -0.1) is 10.3 Å². The SMILES string of the molecule is CCCCCCCCOc1ccc(OC(=O)c2ccc([C@@]3(C)CC[C@](C)(c4ccc(OCCCCCCC)cc4)N3[O])cc2)cc1. The molecule has 0 N–H and O–H groups in total. The van der Waals surface area contributed by atoms with Crippen LogP contribution in [-0.2, 0) is 16.3 Å². The molecule has 0 aromatic heterocycles. The number of carbonyl (C=O) groups excluding carboxylic acids is 1. The largest absolute Gasteiger partial charge is 0.494 e. The van der Waals surface area contributed by atoms with Crippen molar-refractivity contribution in [2.45, 2.75) is 122 Å². The normalized spacial score (nSPS) is 19.7. The molecular formula is C40H54NO5. The maximum absolute atomic E-state index is 13.9. The van der Waals surface area contributed by atoms with Crippen LogP contribution in [0.3, 0.4) is 0 Å². The van der Waals surface area contributed by atoms with E-state index in [1.165, 1.54) is 62.9 Å². The summed E-state index contributed by atoms with van der Waals surface area (Å²) in [6, 6.07) is 22.4. The third-order valence-electron chi connectivity index (χ3n) is 9.53. The average molecular weight is 629 g/mol. The Morgan fingerprint density at radius 2 is 0.978 bits per heavy atom. The average Bonchev–Trinajstić information content (AvgIpc) is 3.32. The van der Waals surface area contributed by atoms with Gasteiger partial charge in [-0.05, 0) is 99.2 Å². The van der Waals surface area contributed by atoms with E-state index in [4.69, 9.17) is 14.2 Å². The van der Waals surface area contributed by atoms with Crippen molar-refractivity contribution >= 4 is 5.97 Å². The number of hydroxylamine groups is 2. The molecule has 0 unspecified atom stereocenters. The van der Waals surface area contributed by atoms with Crippen molar-refractivity contribution in [3.8, 4) is 17.2 Å². The minimum atomic E-state index is -0.712. The first-order valence-corrected chi connectivity index (χ1v) is 17.6. The third kappa shape index (κ3) is 9.36. The number of nitrogens with zero attached hydrogens (tertiary/aromatic N) is 1. The Hall–Kier alpha value is -3.35. The lowest BCUT2D eigenvalue weighted by Gasteiger charge is -2.37. The predicted molar refractivity (Wildman–Crippen MR) is 184 cm³/mol. The summed E-state index contributed by atoms with van der Waals surface area (Å²) in [5, 5.41) is 15.2. The van der Waals surface area contributed by atoms with E-state index in [2.05, 4.69) is 13.8 Å². The molecule has 0 amide bonds. The Labute approximate surface area is 277 Å². The molecule has 6 nitrogen and oxygen atoms in total. The Morgan fingerprint density at radius 1 is 0.587 bits per heavy atom. The topological polar surface area (TPSA) is 67.9 Å². The van der Waals surface area contributed by atoms with Crippen molar-refractivity contribution in [3.63, 3.8) is 0 Å². The number of unbranched alkanes of at least 4 members (excludes halogenated alkanes) is 9. The van der Waals surface area contributed by atoms with Crippen LogP contribution in [0, 0.1) is 0 Å². The fourth-order valence-corrected chi connectivity index (χ4v) is 6.37. The van der Waals surface area contributed by atoms with Gasteiger partial charge in [0.05, 0.1) is 29.9 Å². The molecular weight excluding hydrogens is 574 g/mol. The van der Waals surface area contributed by atoms with Gasteiger partial charge in [0.25, 0.3) is 0 Å². The molecule has 3 aromatic carbocycles. The highest BCUT2D eigenvalue weighted by Gasteiger charge is 2.52. The van der Waals surface area contributed by atoms with Gasteiger partial charge in [-0.3, -0.25) is 0 Å². The van der Waals surface area contributed by atoms with E-state index >= 15 is 0 Å². The number of benzene rings is 3. The van der Waals surface area contributed by atoms with Crippen molar-refractivity contribution in [2.24, 2.45) is 0 Å². The van der Waals surface area contributed by atoms with Crippen molar-refractivity contribution < 1.29 is 24.2 Å². The molecule has 0 aliphatic carbocycles. The van der Waals surface area contributed by atoms with E-state index in [-0.39, 0.29) is 0 Å². The summed E-state index contributed by atoms with van der Waals surface area (Å²) in [5.41, 5.74) is 0.944. The molecule has 1 aliphatic rings. The van der Waals surface area contributed by atoms with Crippen molar-refractivity contribution in [1.82, 2.24) is 5.06 Å². The Kier molecular flexibility index (Phi) is 13.5. The fraction of sp³-hybridized carbons (Fsp3) is 0.525. The lowest BCUT2D eigenvalue weighted by molar-refractivity contribution is -0.260. The molecule has 0 bridgehead atoms. The summed E-state index contributed by atoms with van der Waals surface area (Å²) < 4.78 is 17.4. The van der Waals surface area contributed by atoms with Crippen LogP contribution in [0.1, 0.15) is 133 Å². The zero-order chi connectivity index (χ0) is 32.8. The number of hydrogen-bond acceptors (Lipinski definition) is 5. The van der Waals surface area contributed by atoms with E-state index in [1.54, 1.807) is 24.3 Å². The van der Waals surface area contributed by atoms with Crippen LogP contribution in [0.2, 0.25) is 0 Å². The summed E-state index contributed by atoms with van der Waals surface area (Å²) in [4.78, 5) is 12.9. The molecule has 4 rings (SSSR count). The second-order valence-corrected chi connectivity index (χ2v) is 13.2. The van der Waals surface area contributed by atoms with Crippen molar-refractivity contribution in [2.75, 3.05) is 13.2 Å². The molecule has 1 saturated heterocycles. The highest BCUT2D eigenvalue weighted by atomic mass is 16.5. The lowest BCUT2D eigenvalue weighted by atomic mass is 9.89. The zero-order valence-electron chi connectivity index (χ0n) is 28.5. The van der Waals surface area contributed by atoms with Gasteiger partial charge in [0.1, 0.15) is 17.2 Å². The summed E-state index contributed by atoms with van der Waals surface area (Å²) in [5.74, 6) is 1.65. The minimum absolute atomic E-state index is 0.434. The quantitative estimate of drug-likeness (QED) is 0.0750. The maximum Gasteiger partial charge on any atom is 0.343 e. The van der Waals surface area contributed by atoms with Gasteiger partial charge in [-0.25, -0.2) is 4.79 Å². The highest BCUT2D eigenvalue weighted by Crippen LogP contribution is 2.51. The van der Waals surface area contributed by atoms with Crippen LogP contribution < -0.4 is 14.2 Å². The lowest BCUT2D eigenvalue weighted by Crippen LogP contribution is -2.44. The van der Waals surface area contributed by atoms with Crippen LogP contribution in [0.5, 0.6) is 17.2 Å². The molecule has 1 heterocycles.